The van der Waals surface area contributed by atoms with Gasteiger partial charge in [0.15, 0.2) is 4.34 Å². The van der Waals surface area contributed by atoms with Crippen molar-refractivity contribution in [3.8, 4) is 0 Å². The summed E-state index contributed by atoms with van der Waals surface area (Å²) in [7, 11) is -3.31. The maximum absolute atomic E-state index is 12.2. The minimum Gasteiger partial charge on any atom is -0.325 e. The number of fused-ring (bicyclic) bond motifs is 1. The van der Waals surface area contributed by atoms with Gasteiger partial charge >= 0.3 is 0 Å². The van der Waals surface area contributed by atoms with E-state index in [1.165, 1.54) is 28.7 Å². The lowest BCUT2D eigenvalue weighted by Crippen LogP contribution is -2.14. The van der Waals surface area contributed by atoms with E-state index in [0.29, 0.717) is 5.69 Å². The quantitative estimate of drug-likeness (QED) is 0.514. The Morgan fingerprint density at radius 1 is 1.11 bits per heavy atom. The van der Waals surface area contributed by atoms with Gasteiger partial charge in [-0.2, -0.15) is 0 Å². The number of nitrogens with zero attached hydrogens (tertiary/aromatic N) is 1. The number of hydrogen-bond acceptors (Lipinski definition) is 6. The summed E-state index contributed by atoms with van der Waals surface area (Å²) in [5.74, 6) is 0.181. The summed E-state index contributed by atoms with van der Waals surface area (Å²) in [5.41, 5.74) is 3.30. The number of anilines is 2. The Morgan fingerprint density at radius 3 is 2.50 bits per heavy atom. The summed E-state index contributed by atoms with van der Waals surface area (Å²) in [5, 5.41) is 2.88. The predicted molar refractivity (Wildman–Crippen MR) is 118 cm³/mol. The molecule has 148 valence electrons. The Hall–Kier alpha value is -2.10. The molecule has 1 aromatic heterocycles. The maximum Gasteiger partial charge on any atom is 0.234 e. The van der Waals surface area contributed by atoms with Crippen LogP contribution in [0.1, 0.15) is 19.4 Å². The number of carbonyl (C=O) groups excluding carboxylic acids is 1. The zero-order valence-electron chi connectivity index (χ0n) is 15.6. The first-order valence-corrected chi connectivity index (χ1v) is 12.3. The number of sulfonamides is 1. The third kappa shape index (κ3) is 5.46. The van der Waals surface area contributed by atoms with E-state index in [0.717, 1.165) is 26.7 Å². The van der Waals surface area contributed by atoms with Crippen LogP contribution in [0.25, 0.3) is 10.2 Å². The van der Waals surface area contributed by atoms with Crippen molar-refractivity contribution < 1.29 is 13.2 Å². The van der Waals surface area contributed by atoms with Gasteiger partial charge in [0.2, 0.25) is 15.9 Å². The van der Waals surface area contributed by atoms with E-state index >= 15 is 0 Å². The molecule has 0 saturated carbocycles. The Kier molecular flexibility index (Phi) is 6.58. The summed E-state index contributed by atoms with van der Waals surface area (Å²) >= 11 is 2.80. The van der Waals surface area contributed by atoms with Crippen LogP contribution in [-0.4, -0.2) is 30.8 Å². The standard InChI is InChI=1S/C19H21N3O3S3/c1-3-13-5-7-14(8-6-13)20-18(23)12-26-19-21-16-10-9-15(11-17(16)27-19)22-28(24,25)4-2/h5-11,22H,3-4,12H2,1-2H3,(H,20,23). The molecule has 0 spiro atoms. The van der Waals surface area contributed by atoms with Gasteiger partial charge in [-0.15, -0.1) is 11.3 Å². The van der Waals surface area contributed by atoms with Crippen LogP contribution in [0.3, 0.4) is 0 Å². The lowest BCUT2D eigenvalue weighted by atomic mass is 10.1. The number of nitrogens with one attached hydrogen (secondary N) is 2. The Labute approximate surface area is 172 Å². The number of aromatic nitrogens is 1. The first-order valence-electron chi connectivity index (χ1n) is 8.81. The number of benzene rings is 2. The van der Waals surface area contributed by atoms with Gasteiger partial charge in [0.25, 0.3) is 0 Å². The molecule has 6 nitrogen and oxygen atoms in total. The molecular weight excluding hydrogens is 414 g/mol. The van der Waals surface area contributed by atoms with Crippen LogP contribution in [0.4, 0.5) is 11.4 Å². The Bertz CT molecular complexity index is 1080. The van der Waals surface area contributed by atoms with E-state index < -0.39 is 10.0 Å². The first kappa shape index (κ1) is 20.6. The number of thiazole rings is 1. The SMILES string of the molecule is CCc1ccc(NC(=O)CSc2nc3ccc(NS(=O)(=O)CC)cc3s2)cc1. The minimum atomic E-state index is -3.31. The van der Waals surface area contributed by atoms with Gasteiger partial charge < -0.3 is 5.32 Å². The lowest BCUT2D eigenvalue weighted by molar-refractivity contribution is -0.113. The monoisotopic (exact) mass is 435 g/mol. The number of thioether (sulfide) groups is 1. The second-order valence-corrected chi connectivity index (χ2v) is 10.3. The lowest BCUT2D eigenvalue weighted by Gasteiger charge is -2.05. The normalized spacial score (nSPS) is 11.5. The molecular formula is C19H21N3O3S3. The fraction of sp³-hybridized carbons (Fsp3) is 0.263. The van der Waals surface area contributed by atoms with Crippen molar-refractivity contribution in [2.24, 2.45) is 0 Å². The highest BCUT2D eigenvalue weighted by atomic mass is 32.2. The van der Waals surface area contributed by atoms with Crippen LogP contribution in [0.5, 0.6) is 0 Å². The first-order chi connectivity index (χ1) is 13.4. The van der Waals surface area contributed by atoms with Crippen molar-refractivity contribution in [3.05, 3.63) is 48.0 Å². The average Bonchev–Trinajstić information content (AvgIpc) is 3.09. The summed E-state index contributed by atoms with van der Waals surface area (Å²) in [6, 6.07) is 13.0. The van der Waals surface area contributed by atoms with Crippen LogP contribution in [-0.2, 0) is 21.2 Å². The Morgan fingerprint density at radius 2 is 1.82 bits per heavy atom. The van der Waals surface area contributed by atoms with Crippen LogP contribution < -0.4 is 10.0 Å². The predicted octanol–water partition coefficient (Wildman–Crippen LogP) is 4.35. The van der Waals surface area contributed by atoms with Gasteiger partial charge in [0, 0.05) is 5.69 Å². The second kappa shape index (κ2) is 8.93. The molecule has 1 amide bonds. The van der Waals surface area contributed by atoms with Crippen molar-refractivity contribution in [2.45, 2.75) is 24.6 Å². The molecule has 2 N–H and O–H groups in total. The smallest absolute Gasteiger partial charge is 0.234 e. The van der Waals surface area contributed by atoms with E-state index in [1.807, 2.05) is 24.3 Å². The maximum atomic E-state index is 12.2. The highest BCUT2D eigenvalue weighted by Gasteiger charge is 2.11. The second-order valence-electron chi connectivity index (χ2n) is 6.06. The van der Waals surface area contributed by atoms with Crippen molar-refractivity contribution in [3.63, 3.8) is 0 Å². The molecule has 0 aliphatic heterocycles. The summed E-state index contributed by atoms with van der Waals surface area (Å²) < 4.78 is 27.6. The molecule has 2 aromatic carbocycles. The van der Waals surface area contributed by atoms with E-state index in [9.17, 15) is 13.2 Å². The summed E-state index contributed by atoms with van der Waals surface area (Å²) in [6.07, 6.45) is 0.962. The van der Waals surface area contributed by atoms with Crippen LogP contribution in [0.15, 0.2) is 46.8 Å². The molecule has 0 fully saturated rings. The van der Waals surface area contributed by atoms with Gasteiger partial charge in [0.1, 0.15) is 0 Å². The Balaban J connectivity index is 1.61. The molecule has 0 atom stereocenters. The fourth-order valence-corrected chi connectivity index (χ4v) is 4.97. The zero-order valence-corrected chi connectivity index (χ0v) is 18.0. The third-order valence-corrected chi connectivity index (χ3v) is 7.46. The molecule has 9 heteroatoms. The van der Waals surface area contributed by atoms with Crippen LogP contribution in [0, 0.1) is 0 Å². The van der Waals surface area contributed by atoms with Gasteiger partial charge in [-0.3, -0.25) is 9.52 Å². The molecule has 3 aromatic rings. The number of aryl methyl sites for hydroxylation is 1. The van der Waals surface area contributed by atoms with Crippen LogP contribution >= 0.6 is 23.1 Å². The van der Waals surface area contributed by atoms with Gasteiger partial charge in [-0.05, 0) is 49.2 Å². The topological polar surface area (TPSA) is 88.2 Å². The summed E-state index contributed by atoms with van der Waals surface area (Å²) in [4.78, 5) is 16.7. The highest BCUT2D eigenvalue weighted by molar-refractivity contribution is 8.01. The van der Waals surface area contributed by atoms with Crippen molar-refractivity contribution in [1.29, 1.82) is 0 Å². The number of amides is 1. The van der Waals surface area contributed by atoms with Gasteiger partial charge in [-0.25, -0.2) is 13.4 Å². The van der Waals surface area contributed by atoms with E-state index in [4.69, 9.17) is 0 Å². The molecule has 1 heterocycles. The highest BCUT2D eigenvalue weighted by Crippen LogP contribution is 2.31. The van der Waals surface area contributed by atoms with Crippen molar-refractivity contribution >= 4 is 60.6 Å². The van der Waals surface area contributed by atoms with Gasteiger partial charge in [0.05, 0.1) is 27.4 Å². The molecule has 28 heavy (non-hydrogen) atoms. The summed E-state index contributed by atoms with van der Waals surface area (Å²) in [6.45, 7) is 3.68. The number of hydrogen-bond donors (Lipinski definition) is 2. The fourth-order valence-electron chi connectivity index (χ4n) is 2.43. The molecule has 3 rings (SSSR count). The molecule has 0 saturated heterocycles. The van der Waals surface area contributed by atoms with E-state index in [-0.39, 0.29) is 17.4 Å². The minimum absolute atomic E-state index is 0.0190. The molecule has 0 aliphatic carbocycles. The van der Waals surface area contributed by atoms with E-state index in [2.05, 4.69) is 21.9 Å². The largest absolute Gasteiger partial charge is 0.325 e. The van der Waals surface area contributed by atoms with Crippen molar-refractivity contribution in [1.82, 2.24) is 4.98 Å². The number of carbonyl (C=O) groups is 1. The molecule has 0 radical (unpaired) electrons. The molecule has 0 aliphatic rings. The van der Waals surface area contributed by atoms with Crippen molar-refractivity contribution in [2.75, 3.05) is 21.5 Å². The molecule has 0 bridgehead atoms. The van der Waals surface area contributed by atoms with Crippen LogP contribution in [0.2, 0.25) is 0 Å². The zero-order chi connectivity index (χ0) is 20.1. The number of rotatable bonds is 8. The average molecular weight is 436 g/mol. The third-order valence-electron chi connectivity index (χ3n) is 3.99. The molecule has 0 unspecified atom stereocenters. The van der Waals surface area contributed by atoms with Gasteiger partial charge in [-0.1, -0.05) is 30.8 Å². The van der Waals surface area contributed by atoms with E-state index in [1.54, 1.807) is 25.1 Å².